The van der Waals surface area contributed by atoms with Gasteiger partial charge >= 0.3 is 0 Å². The van der Waals surface area contributed by atoms with Gasteiger partial charge in [-0.05, 0) is 30.2 Å². The first-order valence-corrected chi connectivity index (χ1v) is 7.25. The molecule has 2 atom stereocenters. The Bertz CT molecular complexity index is 395. The van der Waals surface area contributed by atoms with Gasteiger partial charge in [0.25, 0.3) is 0 Å². The lowest BCUT2D eigenvalue weighted by molar-refractivity contribution is -0.123. The van der Waals surface area contributed by atoms with Crippen LogP contribution in [0.5, 0.6) is 5.75 Å². The van der Waals surface area contributed by atoms with Gasteiger partial charge in [-0.2, -0.15) is 0 Å². The molecule has 1 amide bonds. The molecule has 0 saturated heterocycles. The summed E-state index contributed by atoms with van der Waals surface area (Å²) in [4.78, 5) is 11.7. The van der Waals surface area contributed by atoms with Gasteiger partial charge in [0.2, 0.25) is 5.91 Å². The van der Waals surface area contributed by atoms with E-state index in [0.29, 0.717) is 13.2 Å². The van der Waals surface area contributed by atoms with Gasteiger partial charge < -0.3 is 15.8 Å². The number of halogens is 1. The molecule has 0 spiro atoms. The van der Waals surface area contributed by atoms with E-state index in [1.807, 2.05) is 38.1 Å². The molecule has 1 aromatic rings. The summed E-state index contributed by atoms with van der Waals surface area (Å²) in [6.07, 6.45) is 0.893. The van der Waals surface area contributed by atoms with E-state index in [1.54, 1.807) is 0 Å². The first-order valence-electron chi connectivity index (χ1n) is 6.46. The van der Waals surface area contributed by atoms with Crippen LogP contribution in [-0.2, 0) is 4.79 Å². The summed E-state index contributed by atoms with van der Waals surface area (Å²) in [5, 5.41) is 2.78. The summed E-state index contributed by atoms with van der Waals surface area (Å²) < 4.78 is 6.51. The molecular formula is C14H21BrN2O2. The van der Waals surface area contributed by atoms with Crippen LogP contribution in [0.4, 0.5) is 0 Å². The van der Waals surface area contributed by atoms with Gasteiger partial charge in [0.15, 0.2) is 0 Å². The van der Waals surface area contributed by atoms with Crippen molar-refractivity contribution in [3.05, 3.63) is 28.7 Å². The number of nitrogens with one attached hydrogen (secondary N) is 1. The fourth-order valence-corrected chi connectivity index (χ4v) is 1.77. The normalized spacial score (nSPS) is 13.7. The smallest absolute Gasteiger partial charge is 0.237 e. The van der Waals surface area contributed by atoms with Gasteiger partial charge in [0.05, 0.1) is 12.6 Å². The third kappa shape index (κ3) is 5.61. The van der Waals surface area contributed by atoms with Crippen LogP contribution in [0.1, 0.15) is 20.3 Å². The first kappa shape index (κ1) is 16.0. The zero-order chi connectivity index (χ0) is 14.3. The second-order valence-electron chi connectivity index (χ2n) is 4.50. The van der Waals surface area contributed by atoms with E-state index < -0.39 is 6.04 Å². The van der Waals surface area contributed by atoms with Gasteiger partial charge in [0.1, 0.15) is 12.4 Å². The molecule has 19 heavy (non-hydrogen) atoms. The van der Waals surface area contributed by atoms with Crippen molar-refractivity contribution in [3.63, 3.8) is 0 Å². The second-order valence-corrected chi connectivity index (χ2v) is 5.42. The number of hydrogen-bond acceptors (Lipinski definition) is 3. The van der Waals surface area contributed by atoms with Crippen LogP contribution in [-0.4, -0.2) is 25.1 Å². The Labute approximate surface area is 122 Å². The Kier molecular flexibility index (Phi) is 6.87. The molecule has 1 aromatic carbocycles. The summed E-state index contributed by atoms with van der Waals surface area (Å²) >= 11 is 3.36. The van der Waals surface area contributed by atoms with Crippen LogP contribution in [0, 0.1) is 5.92 Å². The molecule has 0 aliphatic carbocycles. The van der Waals surface area contributed by atoms with Crippen molar-refractivity contribution in [3.8, 4) is 5.75 Å². The molecule has 0 radical (unpaired) electrons. The van der Waals surface area contributed by atoms with Gasteiger partial charge in [-0.1, -0.05) is 36.2 Å². The maximum Gasteiger partial charge on any atom is 0.237 e. The number of ether oxygens (including phenoxy) is 1. The van der Waals surface area contributed by atoms with Crippen LogP contribution in [0.25, 0.3) is 0 Å². The minimum atomic E-state index is -0.447. The lowest BCUT2D eigenvalue weighted by Crippen LogP contribution is -2.45. The van der Waals surface area contributed by atoms with E-state index in [-0.39, 0.29) is 11.8 Å². The largest absolute Gasteiger partial charge is 0.492 e. The van der Waals surface area contributed by atoms with Gasteiger partial charge in [-0.3, -0.25) is 4.79 Å². The van der Waals surface area contributed by atoms with E-state index in [4.69, 9.17) is 10.5 Å². The predicted octanol–water partition coefficient (Wildman–Crippen LogP) is 2.32. The molecule has 0 saturated carbocycles. The SMILES string of the molecule is CCC(C)C(N)C(=O)NCCOc1ccc(Br)cc1. The fourth-order valence-electron chi connectivity index (χ4n) is 1.50. The summed E-state index contributed by atoms with van der Waals surface area (Å²) in [5.41, 5.74) is 5.82. The number of benzene rings is 1. The van der Waals surface area contributed by atoms with Crippen molar-refractivity contribution in [2.75, 3.05) is 13.2 Å². The van der Waals surface area contributed by atoms with Crippen LogP contribution in [0.15, 0.2) is 28.7 Å². The lowest BCUT2D eigenvalue weighted by atomic mass is 9.99. The molecule has 3 N–H and O–H groups in total. The molecule has 0 heterocycles. The molecule has 0 fully saturated rings. The summed E-state index contributed by atoms with van der Waals surface area (Å²) in [6.45, 7) is 4.89. The zero-order valence-electron chi connectivity index (χ0n) is 11.4. The van der Waals surface area contributed by atoms with E-state index in [1.165, 1.54) is 0 Å². The van der Waals surface area contributed by atoms with Gasteiger partial charge in [-0.15, -0.1) is 0 Å². The van der Waals surface area contributed by atoms with Crippen LogP contribution < -0.4 is 15.8 Å². The van der Waals surface area contributed by atoms with Crippen molar-refractivity contribution in [1.29, 1.82) is 0 Å². The van der Waals surface area contributed by atoms with Gasteiger partial charge in [0, 0.05) is 4.47 Å². The Hall–Kier alpha value is -1.07. The zero-order valence-corrected chi connectivity index (χ0v) is 12.9. The molecule has 106 valence electrons. The summed E-state index contributed by atoms with van der Waals surface area (Å²) in [5.74, 6) is 0.852. The molecule has 0 aliphatic rings. The summed E-state index contributed by atoms with van der Waals surface area (Å²) in [7, 11) is 0. The third-order valence-corrected chi connectivity index (χ3v) is 3.57. The van der Waals surface area contributed by atoms with Gasteiger partial charge in [-0.25, -0.2) is 0 Å². The Balaban J connectivity index is 2.23. The standard InChI is InChI=1S/C14H21BrN2O2/c1-3-10(2)13(16)14(18)17-8-9-19-12-6-4-11(15)5-7-12/h4-7,10,13H,3,8-9,16H2,1-2H3,(H,17,18). The number of rotatable bonds is 7. The average molecular weight is 329 g/mol. The lowest BCUT2D eigenvalue weighted by Gasteiger charge is -2.17. The molecule has 2 unspecified atom stereocenters. The van der Waals surface area contributed by atoms with Crippen molar-refractivity contribution in [2.24, 2.45) is 11.7 Å². The van der Waals surface area contributed by atoms with E-state index >= 15 is 0 Å². The Morgan fingerprint density at radius 2 is 2.05 bits per heavy atom. The van der Waals surface area contributed by atoms with Crippen LogP contribution in [0.3, 0.4) is 0 Å². The first-order chi connectivity index (χ1) is 9.04. The Morgan fingerprint density at radius 1 is 1.42 bits per heavy atom. The third-order valence-electron chi connectivity index (χ3n) is 3.04. The predicted molar refractivity (Wildman–Crippen MR) is 80.1 cm³/mol. The molecule has 0 aromatic heterocycles. The molecule has 4 nitrogen and oxygen atoms in total. The maximum atomic E-state index is 11.7. The molecule has 1 rings (SSSR count). The number of hydrogen-bond donors (Lipinski definition) is 2. The van der Waals surface area contributed by atoms with Crippen molar-refractivity contribution in [1.82, 2.24) is 5.32 Å². The quantitative estimate of drug-likeness (QED) is 0.755. The topological polar surface area (TPSA) is 64.4 Å². The van der Waals surface area contributed by atoms with E-state index in [2.05, 4.69) is 21.2 Å². The van der Waals surface area contributed by atoms with E-state index in [0.717, 1.165) is 16.6 Å². The highest BCUT2D eigenvalue weighted by molar-refractivity contribution is 9.10. The van der Waals surface area contributed by atoms with Crippen molar-refractivity contribution < 1.29 is 9.53 Å². The van der Waals surface area contributed by atoms with E-state index in [9.17, 15) is 4.79 Å². The fraction of sp³-hybridized carbons (Fsp3) is 0.500. The minimum absolute atomic E-state index is 0.117. The molecule has 5 heteroatoms. The minimum Gasteiger partial charge on any atom is -0.492 e. The number of amides is 1. The Morgan fingerprint density at radius 3 is 2.63 bits per heavy atom. The van der Waals surface area contributed by atoms with Crippen LogP contribution in [0.2, 0.25) is 0 Å². The highest BCUT2D eigenvalue weighted by Crippen LogP contribution is 2.15. The van der Waals surface area contributed by atoms with Crippen molar-refractivity contribution >= 4 is 21.8 Å². The number of carbonyl (C=O) groups excluding carboxylic acids is 1. The molecule has 0 bridgehead atoms. The highest BCUT2D eigenvalue weighted by atomic mass is 79.9. The van der Waals surface area contributed by atoms with Crippen molar-refractivity contribution in [2.45, 2.75) is 26.3 Å². The highest BCUT2D eigenvalue weighted by Gasteiger charge is 2.18. The second kappa shape index (κ2) is 8.17. The summed E-state index contributed by atoms with van der Waals surface area (Å²) in [6, 6.07) is 7.12. The monoisotopic (exact) mass is 328 g/mol. The number of nitrogens with two attached hydrogens (primary N) is 1. The molecular weight excluding hydrogens is 308 g/mol. The maximum absolute atomic E-state index is 11.7. The van der Waals surface area contributed by atoms with Crippen LogP contribution >= 0.6 is 15.9 Å². The molecule has 0 aliphatic heterocycles. The average Bonchev–Trinajstić information content (AvgIpc) is 2.43. The number of carbonyl (C=O) groups is 1.